The van der Waals surface area contributed by atoms with E-state index < -0.39 is 0 Å². The largest absolute Gasteiger partial charge is 0.493 e. The van der Waals surface area contributed by atoms with Crippen molar-refractivity contribution in [3.8, 4) is 5.75 Å². The van der Waals surface area contributed by atoms with Gasteiger partial charge in [0.1, 0.15) is 11.5 Å². The molecule has 0 aromatic heterocycles. The Bertz CT molecular complexity index is 471. The lowest BCUT2D eigenvalue weighted by atomic mass is 10.0. The highest BCUT2D eigenvalue weighted by Gasteiger charge is 2.19. The minimum Gasteiger partial charge on any atom is -0.493 e. The van der Waals surface area contributed by atoms with Crippen LogP contribution in [0.5, 0.6) is 5.75 Å². The Morgan fingerprint density at radius 1 is 1.53 bits per heavy atom. The molecule has 1 atom stereocenters. The standard InChI is InChI=1S/C15H19BrO3/c1-10(18-2)3-4-14(17)9-12-8-13(16)7-11-5-6-19-15(11)12/h7-8,10H,3-6,9H2,1-2H3. The number of hydrogen-bond donors (Lipinski definition) is 0. The molecule has 0 radical (unpaired) electrons. The number of ether oxygens (including phenoxy) is 2. The van der Waals surface area contributed by atoms with Crippen LogP contribution in [0.3, 0.4) is 0 Å². The lowest BCUT2D eigenvalue weighted by Crippen LogP contribution is -2.10. The van der Waals surface area contributed by atoms with Gasteiger partial charge in [0.25, 0.3) is 0 Å². The summed E-state index contributed by atoms with van der Waals surface area (Å²) in [4.78, 5) is 12.0. The molecule has 1 heterocycles. The molecule has 19 heavy (non-hydrogen) atoms. The van der Waals surface area contributed by atoms with E-state index in [4.69, 9.17) is 9.47 Å². The minimum atomic E-state index is 0.133. The van der Waals surface area contributed by atoms with Crippen LogP contribution in [-0.2, 0) is 22.4 Å². The molecule has 4 heteroatoms. The highest BCUT2D eigenvalue weighted by atomic mass is 79.9. The van der Waals surface area contributed by atoms with Crippen molar-refractivity contribution in [2.24, 2.45) is 0 Å². The number of carbonyl (C=O) groups is 1. The fraction of sp³-hybridized carbons (Fsp3) is 0.533. The van der Waals surface area contributed by atoms with Crippen LogP contribution in [-0.4, -0.2) is 25.6 Å². The Kier molecular flexibility index (Phi) is 4.99. The summed E-state index contributed by atoms with van der Waals surface area (Å²) in [5.74, 6) is 1.15. The third-order valence-electron chi connectivity index (χ3n) is 3.45. The molecule has 1 aromatic carbocycles. The summed E-state index contributed by atoms with van der Waals surface area (Å²) in [5.41, 5.74) is 2.19. The molecule has 0 spiro atoms. The summed E-state index contributed by atoms with van der Waals surface area (Å²) in [7, 11) is 1.67. The number of fused-ring (bicyclic) bond motifs is 1. The van der Waals surface area contributed by atoms with E-state index in [1.165, 1.54) is 5.56 Å². The average Bonchev–Trinajstić information content (AvgIpc) is 2.84. The number of rotatable bonds is 6. The molecular formula is C15H19BrO3. The van der Waals surface area contributed by atoms with Crippen LogP contribution in [0.1, 0.15) is 30.9 Å². The lowest BCUT2D eigenvalue weighted by molar-refractivity contribution is -0.119. The molecule has 1 aliphatic rings. The highest BCUT2D eigenvalue weighted by Crippen LogP contribution is 2.33. The van der Waals surface area contributed by atoms with E-state index in [0.29, 0.717) is 19.4 Å². The van der Waals surface area contributed by atoms with Gasteiger partial charge in [0.15, 0.2) is 0 Å². The van der Waals surface area contributed by atoms with Crippen LogP contribution in [0.25, 0.3) is 0 Å². The van der Waals surface area contributed by atoms with Crippen molar-refractivity contribution in [2.75, 3.05) is 13.7 Å². The van der Waals surface area contributed by atoms with E-state index in [0.717, 1.165) is 28.6 Å². The normalized spacial score (nSPS) is 14.9. The Labute approximate surface area is 122 Å². The third-order valence-corrected chi connectivity index (χ3v) is 3.90. The van der Waals surface area contributed by atoms with Crippen molar-refractivity contribution < 1.29 is 14.3 Å². The van der Waals surface area contributed by atoms with E-state index in [1.54, 1.807) is 7.11 Å². The van der Waals surface area contributed by atoms with E-state index >= 15 is 0 Å². The van der Waals surface area contributed by atoms with Gasteiger partial charge in [-0.05, 0) is 31.0 Å². The Hall–Kier alpha value is -0.870. The number of methoxy groups -OCH3 is 1. The molecule has 0 saturated carbocycles. The predicted molar refractivity (Wildman–Crippen MR) is 77.8 cm³/mol. The van der Waals surface area contributed by atoms with Crippen molar-refractivity contribution in [3.63, 3.8) is 0 Å². The van der Waals surface area contributed by atoms with Gasteiger partial charge in [-0.1, -0.05) is 15.9 Å². The average molecular weight is 327 g/mol. The van der Waals surface area contributed by atoms with E-state index in [9.17, 15) is 4.79 Å². The van der Waals surface area contributed by atoms with E-state index in [-0.39, 0.29) is 11.9 Å². The molecule has 1 unspecified atom stereocenters. The maximum atomic E-state index is 12.0. The summed E-state index contributed by atoms with van der Waals surface area (Å²) in [5, 5.41) is 0. The van der Waals surface area contributed by atoms with Crippen molar-refractivity contribution in [1.82, 2.24) is 0 Å². The van der Waals surface area contributed by atoms with Crippen molar-refractivity contribution in [1.29, 1.82) is 0 Å². The highest BCUT2D eigenvalue weighted by molar-refractivity contribution is 9.10. The molecule has 104 valence electrons. The van der Waals surface area contributed by atoms with Gasteiger partial charge in [0, 0.05) is 36.4 Å². The number of benzene rings is 1. The fourth-order valence-electron chi connectivity index (χ4n) is 2.26. The van der Waals surface area contributed by atoms with Gasteiger partial charge in [0.2, 0.25) is 0 Å². The second-order valence-electron chi connectivity index (χ2n) is 4.95. The summed E-state index contributed by atoms with van der Waals surface area (Å²) in [6.07, 6.45) is 2.82. The molecule has 0 fully saturated rings. The first-order valence-corrected chi connectivity index (χ1v) is 7.38. The van der Waals surface area contributed by atoms with Crippen LogP contribution in [0.15, 0.2) is 16.6 Å². The van der Waals surface area contributed by atoms with Crippen molar-refractivity contribution >= 4 is 21.7 Å². The monoisotopic (exact) mass is 326 g/mol. The minimum absolute atomic E-state index is 0.133. The van der Waals surface area contributed by atoms with Crippen LogP contribution < -0.4 is 4.74 Å². The van der Waals surface area contributed by atoms with Crippen LogP contribution in [0, 0.1) is 0 Å². The molecule has 0 N–H and O–H groups in total. The lowest BCUT2D eigenvalue weighted by Gasteiger charge is -2.10. The van der Waals surface area contributed by atoms with Gasteiger partial charge in [-0.15, -0.1) is 0 Å². The number of halogens is 1. The first kappa shape index (κ1) is 14.5. The van der Waals surface area contributed by atoms with Crippen LogP contribution in [0.2, 0.25) is 0 Å². The Morgan fingerprint density at radius 2 is 2.32 bits per heavy atom. The smallest absolute Gasteiger partial charge is 0.137 e. The van der Waals surface area contributed by atoms with Gasteiger partial charge < -0.3 is 9.47 Å². The molecule has 0 bridgehead atoms. The predicted octanol–water partition coefficient (Wildman–Crippen LogP) is 3.31. The summed E-state index contributed by atoms with van der Waals surface area (Å²) in [6, 6.07) is 4.06. The zero-order valence-corrected chi connectivity index (χ0v) is 13.0. The van der Waals surface area contributed by atoms with Crippen molar-refractivity contribution in [3.05, 3.63) is 27.7 Å². The molecular weight excluding hydrogens is 308 g/mol. The van der Waals surface area contributed by atoms with Gasteiger partial charge in [-0.2, -0.15) is 0 Å². The van der Waals surface area contributed by atoms with Gasteiger partial charge in [-0.3, -0.25) is 4.79 Å². The first-order valence-electron chi connectivity index (χ1n) is 6.58. The first-order chi connectivity index (χ1) is 9.10. The molecule has 0 aliphatic carbocycles. The topological polar surface area (TPSA) is 35.5 Å². The number of ketones is 1. The van der Waals surface area contributed by atoms with Crippen LogP contribution in [0.4, 0.5) is 0 Å². The SMILES string of the molecule is COC(C)CCC(=O)Cc1cc(Br)cc2c1OCC2. The van der Waals surface area contributed by atoms with Crippen LogP contribution >= 0.6 is 15.9 Å². The number of Topliss-reactive ketones (excluding diaryl/α,β-unsaturated/α-hetero) is 1. The molecule has 0 amide bonds. The van der Waals surface area contributed by atoms with E-state index in [2.05, 4.69) is 22.0 Å². The van der Waals surface area contributed by atoms with E-state index in [1.807, 2.05) is 13.0 Å². The Morgan fingerprint density at radius 3 is 3.05 bits per heavy atom. The summed E-state index contributed by atoms with van der Waals surface area (Å²) >= 11 is 3.49. The maximum absolute atomic E-state index is 12.0. The number of hydrogen-bond acceptors (Lipinski definition) is 3. The van der Waals surface area contributed by atoms with Crippen molar-refractivity contribution in [2.45, 2.75) is 38.7 Å². The molecule has 2 rings (SSSR count). The van der Waals surface area contributed by atoms with Gasteiger partial charge in [-0.25, -0.2) is 0 Å². The van der Waals surface area contributed by atoms with Gasteiger partial charge in [0.05, 0.1) is 12.7 Å². The third kappa shape index (κ3) is 3.80. The molecule has 1 aromatic rings. The van der Waals surface area contributed by atoms with Gasteiger partial charge >= 0.3 is 0 Å². The Balaban J connectivity index is 2.01. The maximum Gasteiger partial charge on any atom is 0.137 e. The quantitative estimate of drug-likeness (QED) is 0.804. The summed E-state index contributed by atoms with van der Waals surface area (Å²) in [6.45, 7) is 2.70. The summed E-state index contributed by atoms with van der Waals surface area (Å²) < 4.78 is 11.8. The molecule has 3 nitrogen and oxygen atoms in total. The second-order valence-corrected chi connectivity index (χ2v) is 5.87. The second kappa shape index (κ2) is 6.53. The zero-order chi connectivity index (χ0) is 13.8. The molecule has 0 saturated heterocycles. The zero-order valence-electron chi connectivity index (χ0n) is 11.4. The number of carbonyl (C=O) groups excluding carboxylic acids is 1. The molecule has 1 aliphatic heterocycles. The fourth-order valence-corrected chi connectivity index (χ4v) is 2.81.